The maximum Gasteiger partial charge on any atom is 0.340 e. The normalized spacial score (nSPS) is 10.2. The van der Waals surface area contributed by atoms with Gasteiger partial charge in [-0.15, -0.1) is 11.8 Å². The number of nitrogens with one attached hydrogen (secondary N) is 1. The van der Waals surface area contributed by atoms with Crippen molar-refractivity contribution < 1.29 is 19.2 Å². The Bertz CT molecular complexity index is 828. The molecule has 25 heavy (non-hydrogen) atoms. The first-order chi connectivity index (χ1) is 11.9. The van der Waals surface area contributed by atoms with Crippen LogP contribution in [-0.4, -0.2) is 29.7 Å². The number of hydrogen-bond donors (Lipinski definition) is 1. The van der Waals surface area contributed by atoms with Crippen molar-refractivity contribution in [2.45, 2.75) is 4.90 Å². The van der Waals surface area contributed by atoms with E-state index in [4.69, 9.17) is 16.3 Å². The number of esters is 1. The van der Waals surface area contributed by atoms with E-state index < -0.39 is 23.4 Å². The first kappa shape index (κ1) is 18.8. The summed E-state index contributed by atoms with van der Waals surface area (Å²) in [4.78, 5) is 34.9. The van der Waals surface area contributed by atoms with Crippen molar-refractivity contribution in [1.82, 2.24) is 0 Å². The van der Waals surface area contributed by atoms with E-state index in [1.807, 2.05) is 12.3 Å². The number of hydrogen-bond acceptors (Lipinski definition) is 6. The zero-order valence-electron chi connectivity index (χ0n) is 13.0. The topological polar surface area (TPSA) is 98.5 Å². The molecule has 0 aliphatic carbocycles. The van der Waals surface area contributed by atoms with Crippen molar-refractivity contribution in [3.8, 4) is 0 Å². The lowest BCUT2D eigenvalue weighted by atomic mass is 10.2. The van der Waals surface area contributed by atoms with Gasteiger partial charge in [0.25, 0.3) is 11.6 Å². The van der Waals surface area contributed by atoms with E-state index in [2.05, 4.69) is 5.32 Å². The minimum Gasteiger partial charge on any atom is -0.452 e. The van der Waals surface area contributed by atoms with Crippen LogP contribution in [0.25, 0.3) is 0 Å². The lowest BCUT2D eigenvalue weighted by molar-refractivity contribution is -0.384. The molecule has 0 saturated heterocycles. The summed E-state index contributed by atoms with van der Waals surface area (Å²) in [5.41, 5.74) is 0.101. The third-order valence-electron chi connectivity index (χ3n) is 3.07. The predicted molar refractivity (Wildman–Crippen MR) is 95.2 cm³/mol. The van der Waals surface area contributed by atoms with E-state index in [9.17, 15) is 19.7 Å². The van der Waals surface area contributed by atoms with E-state index >= 15 is 0 Å². The second-order valence-corrected chi connectivity index (χ2v) is 6.06. The lowest BCUT2D eigenvalue weighted by Crippen LogP contribution is -2.21. The molecule has 0 radical (unpaired) electrons. The number of benzene rings is 2. The molecular weight excluding hydrogens is 368 g/mol. The molecule has 0 fully saturated rings. The largest absolute Gasteiger partial charge is 0.452 e. The number of nitrogens with zero attached hydrogens (tertiary/aromatic N) is 1. The van der Waals surface area contributed by atoms with E-state index in [0.29, 0.717) is 5.69 Å². The summed E-state index contributed by atoms with van der Waals surface area (Å²) in [6, 6.07) is 10.6. The number of anilines is 1. The van der Waals surface area contributed by atoms with Crippen LogP contribution in [-0.2, 0) is 9.53 Å². The number of carbonyl (C=O) groups is 2. The van der Waals surface area contributed by atoms with Gasteiger partial charge in [0.05, 0.1) is 15.5 Å². The fraction of sp³-hybridized carbons (Fsp3) is 0.125. The fourth-order valence-electron chi connectivity index (χ4n) is 1.89. The van der Waals surface area contributed by atoms with Gasteiger partial charge in [0.15, 0.2) is 6.61 Å². The molecule has 0 aromatic heterocycles. The molecule has 7 nitrogen and oxygen atoms in total. The van der Waals surface area contributed by atoms with Crippen LogP contribution < -0.4 is 5.32 Å². The van der Waals surface area contributed by atoms with Crippen LogP contribution in [0, 0.1) is 10.1 Å². The number of nitro benzene ring substituents is 1. The highest BCUT2D eigenvalue weighted by molar-refractivity contribution is 7.98. The minimum atomic E-state index is -0.915. The fourth-order valence-corrected chi connectivity index (χ4v) is 2.54. The van der Waals surface area contributed by atoms with Crippen molar-refractivity contribution in [2.75, 3.05) is 18.2 Å². The standard InChI is InChI=1S/C16H13ClN2O5S/c1-25-12-4-2-3-10(7-12)18-15(20)9-24-16(21)13-8-11(19(22)23)5-6-14(13)17/h2-8H,9H2,1H3,(H,18,20). The average Bonchev–Trinajstić information content (AvgIpc) is 2.60. The molecule has 0 aliphatic heterocycles. The molecule has 0 spiro atoms. The van der Waals surface area contributed by atoms with Gasteiger partial charge >= 0.3 is 5.97 Å². The molecule has 130 valence electrons. The molecule has 0 bridgehead atoms. The van der Waals surface area contributed by atoms with E-state index in [0.717, 1.165) is 11.0 Å². The summed E-state index contributed by atoms with van der Waals surface area (Å²) in [5, 5.41) is 13.4. The van der Waals surface area contributed by atoms with Gasteiger partial charge < -0.3 is 10.1 Å². The first-order valence-corrected chi connectivity index (χ1v) is 8.56. The molecule has 2 aromatic carbocycles. The van der Waals surface area contributed by atoms with Crippen molar-refractivity contribution in [3.05, 3.63) is 63.2 Å². The van der Waals surface area contributed by atoms with Gasteiger partial charge in [0.2, 0.25) is 0 Å². The molecule has 0 atom stereocenters. The molecule has 0 unspecified atom stereocenters. The number of halogens is 1. The third kappa shape index (κ3) is 5.20. The number of nitro groups is 1. The van der Waals surface area contributed by atoms with Crippen LogP contribution >= 0.6 is 23.4 Å². The second kappa shape index (κ2) is 8.50. The summed E-state index contributed by atoms with van der Waals surface area (Å²) in [6.45, 7) is -0.540. The Balaban J connectivity index is 1.98. The molecule has 9 heteroatoms. The summed E-state index contributed by atoms with van der Waals surface area (Å²) in [6.07, 6.45) is 1.91. The Morgan fingerprint density at radius 2 is 2.04 bits per heavy atom. The monoisotopic (exact) mass is 380 g/mol. The Kier molecular flexibility index (Phi) is 6.37. The minimum absolute atomic E-state index is 0.00341. The van der Waals surface area contributed by atoms with Gasteiger partial charge in [-0.3, -0.25) is 14.9 Å². The van der Waals surface area contributed by atoms with E-state index in [1.165, 1.54) is 23.9 Å². The molecule has 0 saturated carbocycles. The highest BCUT2D eigenvalue weighted by Crippen LogP contribution is 2.23. The van der Waals surface area contributed by atoms with Gasteiger partial charge in [-0.1, -0.05) is 17.7 Å². The smallest absolute Gasteiger partial charge is 0.340 e. The SMILES string of the molecule is CSc1cccc(NC(=O)COC(=O)c2cc([N+](=O)[O-])ccc2Cl)c1. The van der Waals surface area contributed by atoms with Gasteiger partial charge in [-0.05, 0) is 30.5 Å². The van der Waals surface area contributed by atoms with Crippen LogP contribution in [0.2, 0.25) is 5.02 Å². The number of thioether (sulfide) groups is 1. The maximum absolute atomic E-state index is 12.0. The molecular formula is C16H13ClN2O5S. The number of rotatable bonds is 6. The Labute approximate surface area is 152 Å². The quantitative estimate of drug-likeness (QED) is 0.354. The number of amides is 1. The molecule has 2 rings (SSSR count). The van der Waals surface area contributed by atoms with Gasteiger partial charge in [0, 0.05) is 22.7 Å². The lowest BCUT2D eigenvalue weighted by Gasteiger charge is -2.08. The highest BCUT2D eigenvalue weighted by atomic mass is 35.5. The number of non-ortho nitro benzene ring substituents is 1. The molecule has 1 amide bonds. The number of carbonyl (C=O) groups excluding carboxylic acids is 2. The van der Waals surface area contributed by atoms with Gasteiger partial charge in [-0.2, -0.15) is 0 Å². The van der Waals surface area contributed by atoms with Crippen molar-refractivity contribution in [3.63, 3.8) is 0 Å². The van der Waals surface area contributed by atoms with Crippen LogP contribution in [0.1, 0.15) is 10.4 Å². The summed E-state index contributed by atoms with van der Waals surface area (Å²) >= 11 is 7.37. The maximum atomic E-state index is 12.0. The molecule has 0 aliphatic rings. The third-order valence-corrected chi connectivity index (χ3v) is 4.12. The van der Waals surface area contributed by atoms with Gasteiger partial charge in [-0.25, -0.2) is 4.79 Å². The van der Waals surface area contributed by atoms with Crippen LogP contribution in [0.3, 0.4) is 0 Å². The number of ether oxygens (including phenoxy) is 1. The van der Waals surface area contributed by atoms with Crippen LogP contribution in [0.4, 0.5) is 11.4 Å². The highest BCUT2D eigenvalue weighted by Gasteiger charge is 2.18. The average molecular weight is 381 g/mol. The molecule has 2 aromatic rings. The first-order valence-electron chi connectivity index (χ1n) is 6.95. The summed E-state index contributed by atoms with van der Waals surface area (Å²) < 4.78 is 4.87. The van der Waals surface area contributed by atoms with Crippen molar-refractivity contribution >= 4 is 46.6 Å². The van der Waals surface area contributed by atoms with E-state index in [-0.39, 0.29) is 16.3 Å². The van der Waals surface area contributed by atoms with E-state index in [1.54, 1.807) is 18.2 Å². The molecule has 1 N–H and O–H groups in total. The zero-order chi connectivity index (χ0) is 18.4. The zero-order valence-corrected chi connectivity index (χ0v) is 14.6. The van der Waals surface area contributed by atoms with Crippen molar-refractivity contribution in [1.29, 1.82) is 0 Å². The Morgan fingerprint density at radius 1 is 1.28 bits per heavy atom. The predicted octanol–water partition coefficient (Wildman–Crippen LogP) is 3.77. The summed E-state index contributed by atoms with van der Waals surface area (Å²) in [7, 11) is 0. The van der Waals surface area contributed by atoms with Gasteiger partial charge in [0.1, 0.15) is 0 Å². The second-order valence-electron chi connectivity index (χ2n) is 4.78. The van der Waals surface area contributed by atoms with Crippen molar-refractivity contribution in [2.24, 2.45) is 0 Å². The summed E-state index contributed by atoms with van der Waals surface area (Å²) in [5.74, 6) is -1.45. The van der Waals surface area contributed by atoms with Crippen LogP contribution in [0.5, 0.6) is 0 Å². The Hall–Kier alpha value is -2.58. The molecule has 0 heterocycles. The Morgan fingerprint density at radius 3 is 2.72 bits per heavy atom. The van der Waals surface area contributed by atoms with Crippen LogP contribution in [0.15, 0.2) is 47.4 Å².